The second-order valence-corrected chi connectivity index (χ2v) is 6.63. The van der Waals surface area contributed by atoms with Crippen molar-refractivity contribution in [3.8, 4) is 0 Å². The van der Waals surface area contributed by atoms with Crippen molar-refractivity contribution in [2.75, 3.05) is 24.5 Å². The lowest BCUT2D eigenvalue weighted by Gasteiger charge is -2.16. The van der Waals surface area contributed by atoms with Gasteiger partial charge in [-0.1, -0.05) is 12.1 Å². The van der Waals surface area contributed by atoms with Crippen LogP contribution in [0.1, 0.15) is 17.7 Å². The lowest BCUT2D eigenvalue weighted by molar-refractivity contribution is -0.119. The Morgan fingerprint density at radius 3 is 2.71 bits per heavy atom. The normalized spacial score (nSPS) is 14.5. The van der Waals surface area contributed by atoms with Crippen LogP contribution < -0.4 is 4.90 Å². The van der Waals surface area contributed by atoms with Crippen LogP contribution in [0.25, 0.3) is 0 Å². The van der Waals surface area contributed by atoms with E-state index in [1.165, 1.54) is 23.5 Å². The number of amides is 2. The van der Waals surface area contributed by atoms with Crippen LogP contribution in [0.2, 0.25) is 0 Å². The highest BCUT2D eigenvalue weighted by molar-refractivity contribution is 7.14. The summed E-state index contributed by atoms with van der Waals surface area (Å²) in [6.45, 7) is 3.08. The molecule has 0 bridgehead atoms. The molecule has 126 valence electrons. The van der Waals surface area contributed by atoms with E-state index in [2.05, 4.69) is 4.98 Å². The van der Waals surface area contributed by atoms with Crippen molar-refractivity contribution in [3.05, 3.63) is 46.7 Å². The van der Waals surface area contributed by atoms with Gasteiger partial charge in [0.1, 0.15) is 5.82 Å². The minimum Gasteiger partial charge on any atom is -0.315 e. The van der Waals surface area contributed by atoms with E-state index in [4.69, 9.17) is 0 Å². The molecular formula is C17H18FN3O2S. The smallest absolute Gasteiger partial charge is 0.315 e. The monoisotopic (exact) mass is 347 g/mol. The van der Waals surface area contributed by atoms with Gasteiger partial charge >= 0.3 is 6.03 Å². The van der Waals surface area contributed by atoms with Gasteiger partial charge in [-0.3, -0.25) is 9.69 Å². The summed E-state index contributed by atoms with van der Waals surface area (Å²) < 4.78 is 12.9. The summed E-state index contributed by atoms with van der Waals surface area (Å²) in [5.41, 5.74) is 1.80. The quantitative estimate of drug-likeness (QED) is 0.807. The number of rotatable bonds is 6. The number of carbonyl (C=O) groups excluding carboxylic acids is 2. The number of thiazole rings is 1. The fraction of sp³-hybridized carbons (Fsp3) is 0.353. The second-order valence-electron chi connectivity index (χ2n) is 5.79. The van der Waals surface area contributed by atoms with E-state index in [-0.39, 0.29) is 24.2 Å². The number of carbonyl (C=O) groups is 2. The summed E-state index contributed by atoms with van der Waals surface area (Å²) in [7, 11) is 0. The van der Waals surface area contributed by atoms with Gasteiger partial charge in [0, 0.05) is 24.9 Å². The van der Waals surface area contributed by atoms with E-state index in [1.807, 2.05) is 12.3 Å². The summed E-state index contributed by atoms with van der Waals surface area (Å²) >= 11 is 1.43. The van der Waals surface area contributed by atoms with Crippen molar-refractivity contribution in [1.29, 1.82) is 0 Å². The van der Waals surface area contributed by atoms with Crippen molar-refractivity contribution < 1.29 is 14.0 Å². The third-order valence-corrected chi connectivity index (χ3v) is 4.89. The number of anilines is 1. The highest BCUT2D eigenvalue weighted by Gasteiger charge is 2.32. The van der Waals surface area contributed by atoms with Gasteiger partial charge in [-0.05, 0) is 31.0 Å². The Labute approximate surface area is 143 Å². The molecule has 3 rings (SSSR count). The maximum absolute atomic E-state index is 12.9. The molecule has 0 aliphatic carbocycles. The van der Waals surface area contributed by atoms with Crippen LogP contribution >= 0.6 is 11.3 Å². The molecule has 0 atom stereocenters. The van der Waals surface area contributed by atoms with Crippen LogP contribution in [-0.4, -0.2) is 41.3 Å². The molecular weight excluding hydrogens is 329 g/mol. The van der Waals surface area contributed by atoms with Crippen LogP contribution in [0.5, 0.6) is 0 Å². The Bertz CT molecular complexity index is 745. The van der Waals surface area contributed by atoms with Gasteiger partial charge in [-0.15, -0.1) is 11.3 Å². The predicted octanol–water partition coefficient (Wildman–Crippen LogP) is 3.03. The molecule has 0 spiro atoms. The van der Waals surface area contributed by atoms with Gasteiger partial charge < -0.3 is 4.90 Å². The molecule has 1 aromatic carbocycles. The Kier molecular flexibility index (Phi) is 4.89. The van der Waals surface area contributed by atoms with Crippen molar-refractivity contribution in [1.82, 2.24) is 9.88 Å². The number of hydrogen-bond donors (Lipinski definition) is 0. The zero-order valence-corrected chi connectivity index (χ0v) is 14.2. The molecule has 2 amide bonds. The lowest BCUT2D eigenvalue weighted by atomic mass is 10.1. The van der Waals surface area contributed by atoms with Gasteiger partial charge in [0.2, 0.25) is 0 Å². The Balaban J connectivity index is 1.51. The average molecular weight is 347 g/mol. The van der Waals surface area contributed by atoms with Crippen molar-refractivity contribution >= 4 is 28.3 Å². The Morgan fingerprint density at radius 2 is 2.04 bits per heavy atom. The molecule has 0 saturated carbocycles. The summed E-state index contributed by atoms with van der Waals surface area (Å²) in [5, 5.41) is 2.58. The second kappa shape index (κ2) is 7.09. The molecule has 2 heterocycles. The summed E-state index contributed by atoms with van der Waals surface area (Å²) in [6, 6.07) is 5.96. The first-order chi connectivity index (χ1) is 11.5. The number of aryl methyl sites for hydroxylation is 2. The van der Waals surface area contributed by atoms with E-state index in [0.29, 0.717) is 31.1 Å². The molecule has 5 nitrogen and oxygen atoms in total. The van der Waals surface area contributed by atoms with Gasteiger partial charge in [0.05, 0.1) is 12.2 Å². The third kappa shape index (κ3) is 3.79. The van der Waals surface area contributed by atoms with Gasteiger partial charge in [0.25, 0.3) is 0 Å². The number of ketones is 1. The number of nitrogens with zero attached hydrogens (tertiary/aromatic N) is 3. The first-order valence-electron chi connectivity index (χ1n) is 7.77. The highest BCUT2D eigenvalue weighted by Crippen LogP contribution is 2.24. The maximum atomic E-state index is 12.9. The van der Waals surface area contributed by atoms with Gasteiger partial charge in [0.15, 0.2) is 10.9 Å². The SMILES string of the molecule is Cc1csc(N2CCN(CC(=O)CCc3ccc(F)cc3)C2=O)n1. The lowest BCUT2D eigenvalue weighted by Crippen LogP contribution is -2.35. The van der Waals surface area contributed by atoms with Crippen LogP contribution in [0.15, 0.2) is 29.6 Å². The van der Waals surface area contributed by atoms with E-state index in [0.717, 1.165) is 11.3 Å². The first kappa shape index (κ1) is 16.6. The highest BCUT2D eigenvalue weighted by atomic mass is 32.1. The van der Waals surface area contributed by atoms with Gasteiger partial charge in [-0.2, -0.15) is 0 Å². The molecule has 24 heavy (non-hydrogen) atoms. The minimum atomic E-state index is -0.287. The van der Waals surface area contributed by atoms with E-state index < -0.39 is 0 Å². The molecule has 1 aromatic heterocycles. The standard InChI is InChI=1S/C17H18FN3O2S/c1-12-11-24-16(19-12)21-9-8-20(17(21)23)10-15(22)7-4-13-2-5-14(18)6-3-13/h2-3,5-6,11H,4,7-10H2,1H3. The zero-order chi connectivity index (χ0) is 17.1. The molecule has 0 radical (unpaired) electrons. The molecule has 2 aromatic rings. The van der Waals surface area contributed by atoms with E-state index in [9.17, 15) is 14.0 Å². The Morgan fingerprint density at radius 1 is 1.29 bits per heavy atom. The van der Waals surface area contributed by atoms with Crippen LogP contribution in [0.4, 0.5) is 14.3 Å². The molecule has 7 heteroatoms. The van der Waals surface area contributed by atoms with Crippen molar-refractivity contribution in [3.63, 3.8) is 0 Å². The predicted molar refractivity (Wildman–Crippen MR) is 90.9 cm³/mol. The number of urea groups is 1. The summed E-state index contributed by atoms with van der Waals surface area (Å²) in [6.07, 6.45) is 0.891. The molecule has 0 N–H and O–H groups in total. The Hall–Kier alpha value is -2.28. The van der Waals surface area contributed by atoms with Gasteiger partial charge in [-0.25, -0.2) is 14.2 Å². The number of Topliss-reactive ketones (excluding diaryl/α,β-unsaturated/α-hetero) is 1. The largest absolute Gasteiger partial charge is 0.326 e. The summed E-state index contributed by atoms with van der Waals surface area (Å²) in [5.74, 6) is -0.282. The molecule has 1 aliphatic rings. The van der Waals surface area contributed by atoms with Crippen LogP contribution in [-0.2, 0) is 11.2 Å². The third-order valence-electron chi connectivity index (χ3n) is 3.91. The zero-order valence-electron chi connectivity index (χ0n) is 13.4. The van der Waals surface area contributed by atoms with Crippen molar-refractivity contribution in [2.45, 2.75) is 19.8 Å². The van der Waals surface area contributed by atoms with Crippen LogP contribution in [0, 0.1) is 12.7 Å². The van der Waals surface area contributed by atoms with E-state index in [1.54, 1.807) is 21.9 Å². The number of benzene rings is 1. The number of aromatic nitrogens is 1. The summed E-state index contributed by atoms with van der Waals surface area (Å²) in [4.78, 5) is 32.0. The minimum absolute atomic E-state index is 0.00449. The molecule has 1 aliphatic heterocycles. The van der Waals surface area contributed by atoms with Crippen LogP contribution in [0.3, 0.4) is 0 Å². The first-order valence-corrected chi connectivity index (χ1v) is 8.65. The maximum Gasteiger partial charge on any atom is 0.326 e. The molecule has 1 saturated heterocycles. The number of hydrogen-bond acceptors (Lipinski definition) is 4. The fourth-order valence-corrected chi connectivity index (χ4v) is 3.42. The molecule has 1 fully saturated rings. The topological polar surface area (TPSA) is 53.5 Å². The van der Waals surface area contributed by atoms with E-state index >= 15 is 0 Å². The molecule has 0 unspecified atom stereocenters. The average Bonchev–Trinajstić information content (AvgIpc) is 3.13. The van der Waals surface area contributed by atoms with Crippen molar-refractivity contribution in [2.24, 2.45) is 0 Å². The number of halogens is 1. The fourth-order valence-electron chi connectivity index (χ4n) is 2.60.